The molecule has 1 aliphatic carbocycles. The van der Waals surface area contributed by atoms with E-state index in [-0.39, 0.29) is 10.7 Å². The van der Waals surface area contributed by atoms with E-state index >= 15 is 0 Å². The van der Waals surface area contributed by atoms with Crippen LogP contribution in [0.1, 0.15) is 26.2 Å². The number of aromatic amines is 1. The third-order valence-electron chi connectivity index (χ3n) is 4.16. The molecular formula is C15H14BrClN2O2. The van der Waals surface area contributed by atoms with Crippen LogP contribution in [0.25, 0.3) is 11.1 Å². The van der Waals surface area contributed by atoms with Crippen LogP contribution < -0.4 is 11.2 Å². The van der Waals surface area contributed by atoms with E-state index in [4.69, 9.17) is 11.6 Å². The Morgan fingerprint density at radius 3 is 2.38 bits per heavy atom. The highest BCUT2D eigenvalue weighted by molar-refractivity contribution is 9.10. The van der Waals surface area contributed by atoms with Crippen LogP contribution in [0, 0.1) is 0 Å². The molecule has 0 unspecified atom stereocenters. The van der Waals surface area contributed by atoms with Gasteiger partial charge in [0.25, 0.3) is 5.56 Å². The molecule has 0 saturated heterocycles. The van der Waals surface area contributed by atoms with Gasteiger partial charge in [-0.05, 0) is 43.9 Å². The van der Waals surface area contributed by atoms with Gasteiger partial charge < -0.3 is 0 Å². The number of benzene rings is 1. The lowest BCUT2D eigenvalue weighted by Gasteiger charge is -2.39. The summed E-state index contributed by atoms with van der Waals surface area (Å²) in [6.07, 6.45) is 2.69. The molecule has 1 N–H and O–H groups in total. The van der Waals surface area contributed by atoms with Crippen molar-refractivity contribution in [3.63, 3.8) is 0 Å². The second-order valence-corrected chi connectivity index (χ2v) is 6.91. The van der Waals surface area contributed by atoms with Gasteiger partial charge in [-0.1, -0.05) is 39.7 Å². The van der Waals surface area contributed by atoms with E-state index < -0.39 is 11.2 Å². The molecule has 6 heteroatoms. The number of aromatic nitrogens is 2. The Morgan fingerprint density at radius 2 is 1.86 bits per heavy atom. The monoisotopic (exact) mass is 368 g/mol. The van der Waals surface area contributed by atoms with E-state index in [1.54, 1.807) is 12.1 Å². The summed E-state index contributed by atoms with van der Waals surface area (Å²) in [5.41, 5.74) is -0.126. The summed E-state index contributed by atoms with van der Waals surface area (Å²) in [6.45, 7) is 1.94. The van der Waals surface area contributed by atoms with Crippen LogP contribution in [-0.2, 0) is 5.54 Å². The van der Waals surface area contributed by atoms with E-state index in [1.807, 2.05) is 19.1 Å². The van der Waals surface area contributed by atoms with Crippen LogP contribution in [-0.4, -0.2) is 9.55 Å². The molecule has 1 aromatic carbocycles. The first-order chi connectivity index (χ1) is 9.92. The normalized spacial score (nSPS) is 16.5. The molecule has 0 atom stereocenters. The quantitative estimate of drug-likeness (QED) is 0.824. The number of halogens is 2. The Balaban J connectivity index is 2.27. The third kappa shape index (κ3) is 2.38. The lowest BCUT2D eigenvalue weighted by molar-refractivity contribution is 0.156. The summed E-state index contributed by atoms with van der Waals surface area (Å²) < 4.78 is 2.23. The zero-order valence-corrected chi connectivity index (χ0v) is 13.8. The van der Waals surface area contributed by atoms with Crippen LogP contribution in [0.4, 0.5) is 0 Å². The molecule has 1 aromatic heterocycles. The van der Waals surface area contributed by atoms with E-state index in [0.717, 1.165) is 23.7 Å². The topological polar surface area (TPSA) is 54.9 Å². The molecule has 1 saturated carbocycles. The van der Waals surface area contributed by atoms with Gasteiger partial charge in [0.15, 0.2) is 0 Å². The minimum Gasteiger partial charge on any atom is -0.297 e. The van der Waals surface area contributed by atoms with Gasteiger partial charge in [-0.3, -0.25) is 14.3 Å². The fourth-order valence-electron chi connectivity index (χ4n) is 2.78. The summed E-state index contributed by atoms with van der Waals surface area (Å²) in [6, 6.07) is 7.29. The van der Waals surface area contributed by atoms with Crippen LogP contribution in [0.5, 0.6) is 0 Å². The first-order valence-corrected chi connectivity index (χ1v) is 7.91. The standard InChI is InChI=1S/C15H14BrClN2O2/c1-15(7-2-8-15)19-13(20)11(12(17)18-14(19)21)9-3-5-10(16)6-4-9/h3-6H,2,7-8H2,1H3,(H,18,21). The smallest absolute Gasteiger partial charge is 0.297 e. The number of hydrogen-bond donors (Lipinski definition) is 1. The van der Waals surface area contributed by atoms with Crippen LogP contribution in [0.15, 0.2) is 38.3 Å². The molecule has 0 spiro atoms. The first-order valence-electron chi connectivity index (χ1n) is 6.74. The van der Waals surface area contributed by atoms with Gasteiger partial charge in [-0.25, -0.2) is 4.79 Å². The highest BCUT2D eigenvalue weighted by Gasteiger charge is 2.37. The maximum Gasteiger partial charge on any atom is 0.330 e. The molecule has 2 aromatic rings. The lowest BCUT2D eigenvalue weighted by atomic mass is 9.78. The second-order valence-electron chi connectivity index (χ2n) is 5.62. The van der Waals surface area contributed by atoms with Crippen molar-refractivity contribution in [3.8, 4) is 11.1 Å². The highest BCUT2D eigenvalue weighted by Crippen LogP contribution is 2.37. The SMILES string of the molecule is CC1(n2c(=O)[nH]c(Cl)c(-c3ccc(Br)cc3)c2=O)CCC1. The maximum atomic E-state index is 12.8. The van der Waals surface area contributed by atoms with Crippen molar-refractivity contribution in [1.29, 1.82) is 0 Å². The average Bonchev–Trinajstić information content (AvgIpc) is 2.38. The van der Waals surface area contributed by atoms with Crippen molar-refractivity contribution in [2.75, 3.05) is 0 Å². The van der Waals surface area contributed by atoms with Crippen molar-refractivity contribution in [3.05, 3.63) is 54.7 Å². The second kappa shape index (κ2) is 5.14. The number of H-pyrrole nitrogens is 1. The van der Waals surface area contributed by atoms with Gasteiger partial charge in [-0.15, -0.1) is 0 Å². The summed E-state index contributed by atoms with van der Waals surface area (Å²) >= 11 is 9.47. The van der Waals surface area contributed by atoms with Gasteiger partial charge in [0.05, 0.1) is 5.56 Å². The Kier molecular flexibility index (Phi) is 3.58. The number of nitrogens with zero attached hydrogens (tertiary/aromatic N) is 1. The zero-order valence-electron chi connectivity index (χ0n) is 11.5. The molecule has 4 nitrogen and oxygen atoms in total. The lowest BCUT2D eigenvalue weighted by Crippen LogP contribution is -2.51. The average molecular weight is 370 g/mol. The molecule has 0 bridgehead atoms. The minimum atomic E-state index is -0.437. The molecule has 110 valence electrons. The Hall–Kier alpha value is -1.33. The Bertz CT molecular complexity index is 804. The molecule has 0 radical (unpaired) electrons. The summed E-state index contributed by atoms with van der Waals surface area (Å²) in [7, 11) is 0. The van der Waals surface area contributed by atoms with Crippen molar-refractivity contribution in [2.45, 2.75) is 31.7 Å². The molecule has 3 rings (SSSR count). The molecule has 21 heavy (non-hydrogen) atoms. The van der Waals surface area contributed by atoms with Gasteiger partial charge in [0.1, 0.15) is 5.15 Å². The first kappa shape index (κ1) is 14.6. The van der Waals surface area contributed by atoms with Crippen molar-refractivity contribution in [2.24, 2.45) is 0 Å². The summed E-state index contributed by atoms with van der Waals surface area (Å²) in [5.74, 6) is 0. The number of hydrogen-bond acceptors (Lipinski definition) is 2. The van der Waals surface area contributed by atoms with Gasteiger partial charge in [0.2, 0.25) is 0 Å². The molecule has 0 aliphatic heterocycles. The highest BCUT2D eigenvalue weighted by atomic mass is 79.9. The van der Waals surface area contributed by atoms with Crippen LogP contribution in [0.3, 0.4) is 0 Å². The van der Waals surface area contributed by atoms with Crippen LogP contribution in [0.2, 0.25) is 5.15 Å². The van der Waals surface area contributed by atoms with E-state index in [9.17, 15) is 9.59 Å². The Morgan fingerprint density at radius 1 is 1.24 bits per heavy atom. The van der Waals surface area contributed by atoms with Crippen molar-refractivity contribution < 1.29 is 0 Å². The third-order valence-corrected chi connectivity index (χ3v) is 4.97. The maximum absolute atomic E-state index is 12.8. The predicted octanol–water partition coefficient (Wildman–Crippen LogP) is 3.52. The largest absolute Gasteiger partial charge is 0.330 e. The van der Waals surface area contributed by atoms with Gasteiger partial charge in [0, 0.05) is 10.0 Å². The van der Waals surface area contributed by atoms with Crippen molar-refractivity contribution in [1.82, 2.24) is 9.55 Å². The molecule has 0 amide bonds. The van der Waals surface area contributed by atoms with Crippen molar-refractivity contribution >= 4 is 27.5 Å². The van der Waals surface area contributed by atoms with Gasteiger partial charge in [-0.2, -0.15) is 0 Å². The molecule has 1 fully saturated rings. The van der Waals surface area contributed by atoms with Gasteiger partial charge >= 0.3 is 5.69 Å². The van der Waals surface area contributed by atoms with E-state index in [2.05, 4.69) is 20.9 Å². The predicted molar refractivity (Wildman–Crippen MR) is 87.0 cm³/mol. The minimum absolute atomic E-state index is 0.0893. The van der Waals surface area contributed by atoms with E-state index in [0.29, 0.717) is 11.1 Å². The number of rotatable bonds is 2. The fourth-order valence-corrected chi connectivity index (χ4v) is 3.31. The zero-order chi connectivity index (χ0) is 15.2. The van der Waals surface area contributed by atoms with E-state index in [1.165, 1.54) is 4.57 Å². The summed E-state index contributed by atoms with van der Waals surface area (Å²) in [5, 5.41) is 0.0893. The van der Waals surface area contributed by atoms with Crippen LogP contribution >= 0.6 is 27.5 Å². The molecular weight excluding hydrogens is 356 g/mol. The summed E-state index contributed by atoms with van der Waals surface area (Å²) in [4.78, 5) is 27.5. The molecule has 1 aliphatic rings. The Labute approximate surface area is 134 Å². The fraction of sp³-hybridized carbons (Fsp3) is 0.333. The molecule has 1 heterocycles. The number of nitrogens with one attached hydrogen (secondary N) is 1.